The van der Waals surface area contributed by atoms with Crippen LogP contribution in [0.2, 0.25) is 0 Å². The van der Waals surface area contributed by atoms with Gasteiger partial charge in [-0.2, -0.15) is 0 Å². The minimum atomic E-state index is -0.861. The molecule has 122 valence electrons. The second kappa shape index (κ2) is 6.65. The van der Waals surface area contributed by atoms with Crippen molar-refractivity contribution in [3.05, 3.63) is 35.6 Å². The van der Waals surface area contributed by atoms with E-state index < -0.39 is 11.6 Å². The smallest absolute Gasteiger partial charge is 0.407 e. The summed E-state index contributed by atoms with van der Waals surface area (Å²) in [7, 11) is 0. The summed E-state index contributed by atoms with van der Waals surface area (Å²) >= 11 is 0. The number of nitrogens with zero attached hydrogens (tertiary/aromatic N) is 2. The van der Waals surface area contributed by atoms with E-state index in [4.69, 9.17) is 0 Å². The van der Waals surface area contributed by atoms with Gasteiger partial charge >= 0.3 is 6.09 Å². The van der Waals surface area contributed by atoms with Crippen molar-refractivity contribution in [1.29, 1.82) is 0 Å². The van der Waals surface area contributed by atoms with E-state index in [1.54, 1.807) is 17.0 Å². The van der Waals surface area contributed by atoms with Crippen LogP contribution in [0.4, 0.5) is 9.18 Å². The fourth-order valence-electron chi connectivity index (χ4n) is 3.19. The second-order valence-corrected chi connectivity index (χ2v) is 6.92. The van der Waals surface area contributed by atoms with E-state index in [1.807, 2.05) is 26.8 Å². The highest BCUT2D eigenvalue weighted by Gasteiger charge is 2.35. The first-order valence-corrected chi connectivity index (χ1v) is 7.77. The maximum atomic E-state index is 13.7. The number of carbonyl (C=O) groups is 1. The van der Waals surface area contributed by atoms with Crippen LogP contribution in [0.25, 0.3) is 0 Å². The summed E-state index contributed by atoms with van der Waals surface area (Å²) in [4.78, 5) is 15.3. The third-order valence-electron chi connectivity index (χ3n) is 4.20. The molecule has 1 aliphatic heterocycles. The first kappa shape index (κ1) is 16.7. The number of halogens is 1. The zero-order valence-corrected chi connectivity index (χ0v) is 13.6. The molecule has 2 rings (SSSR count). The minimum absolute atomic E-state index is 0.0365. The van der Waals surface area contributed by atoms with Crippen molar-refractivity contribution < 1.29 is 14.3 Å². The molecule has 0 unspecified atom stereocenters. The van der Waals surface area contributed by atoms with Crippen molar-refractivity contribution in [2.75, 3.05) is 13.1 Å². The number of rotatable bonds is 3. The van der Waals surface area contributed by atoms with E-state index >= 15 is 0 Å². The van der Waals surface area contributed by atoms with Gasteiger partial charge in [-0.25, -0.2) is 9.18 Å². The van der Waals surface area contributed by atoms with Crippen molar-refractivity contribution in [3.63, 3.8) is 0 Å². The molecule has 0 spiro atoms. The summed E-state index contributed by atoms with van der Waals surface area (Å²) in [6, 6.07) is 6.86. The molecule has 1 aromatic rings. The first-order chi connectivity index (χ1) is 10.3. The summed E-state index contributed by atoms with van der Waals surface area (Å²) in [6.07, 6.45) is 0.718. The molecule has 1 saturated heterocycles. The van der Waals surface area contributed by atoms with Crippen LogP contribution < -0.4 is 0 Å². The van der Waals surface area contributed by atoms with Crippen LogP contribution in [0.5, 0.6) is 0 Å². The van der Waals surface area contributed by atoms with Gasteiger partial charge in [-0.05, 0) is 39.7 Å². The molecule has 0 radical (unpaired) electrons. The van der Waals surface area contributed by atoms with Crippen molar-refractivity contribution in [3.8, 4) is 0 Å². The fourth-order valence-corrected chi connectivity index (χ4v) is 3.19. The van der Waals surface area contributed by atoms with E-state index in [2.05, 4.69) is 4.90 Å². The largest absolute Gasteiger partial charge is 0.465 e. The van der Waals surface area contributed by atoms with Gasteiger partial charge in [0, 0.05) is 36.8 Å². The normalized spacial score (nSPS) is 17.5. The number of hydrogen-bond acceptors (Lipinski definition) is 2. The summed E-state index contributed by atoms with van der Waals surface area (Å²) in [5.41, 5.74) is 0.302. The Morgan fingerprint density at radius 3 is 2.41 bits per heavy atom. The Labute approximate surface area is 131 Å². The van der Waals surface area contributed by atoms with Gasteiger partial charge in [0.05, 0.1) is 0 Å². The van der Waals surface area contributed by atoms with E-state index in [1.165, 1.54) is 6.07 Å². The van der Waals surface area contributed by atoms with Gasteiger partial charge in [0.1, 0.15) is 5.82 Å². The molecule has 1 aromatic carbocycles. The Bertz CT molecular complexity index is 520. The van der Waals surface area contributed by atoms with E-state index in [0.717, 1.165) is 25.9 Å². The molecule has 1 aliphatic rings. The molecule has 0 aliphatic carbocycles. The van der Waals surface area contributed by atoms with Gasteiger partial charge in [-0.3, -0.25) is 4.90 Å². The highest BCUT2D eigenvalue weighted by atomic mass is 19.1. The maximum absolute atomic E-state index is 13.7. The van der Waals surface area contributed by atoms with Crippen molar-refractivity contribution in [2.45, 2.75) is 51.7 Å². The number of piperidine rings is 1. The van der Waals surface area contributed by atoms with Crippen LogP contribution in [0.3, 0.4) is 0 Å². The first-order valence-electron chi connectivity index (χ1n) is 7.77. The lowest BCUT2D eigenvalue weighted by molar-refractivity contribution is 0.0407. The zero-order valence-electron chi connectivity index (χ0n) is 13.6. The predicted molar refractivity (Wildman–Crippen MR) is 84.3 cm³/mol. The lowest BCUT2D eigenvalue weighted by Gasteiger charge is -2.43. The van der Waals surface area contributed by atoms with Gasteiger partial charge in [-0.1, -0.05) is 18.2 Å². The molecule has 1 amide bonds. The van der Waals surface area contributed by atoms with Gasteiger partial charge in [-0.15, -0.1) is 0 Å². The molecular weight excluding hydrogens is 283 g/mol. The molecule has 5 heteroatoms. The van der Waals surface area contributed by atoms with Gasteiger partial charge in [0.15, 0.2) is 0 Å². The predicted octanol–water partition coefficient (Wildman–Crippen LogP) is 3.57. The Kier molecular flexibility index (Phi) is 5.06. The van der Waals surface area contributed by atoms with Crippen LogP contribution in [0.15, 0.2) is 24.3 Å². The summed E-state index contributed by atoms with van der Waals surface area (Å²) in [5, 5.41) is 9.46. The van der Waals surface area contributed by atoms with Crippen molar-refractivity contribution in [1.82, 2.24) is 9.80 Å². The molecule has 0 saturated carbocycles. The minimum Gasteiger partial charge on any atom is -0.465 e. The molecule has 0 bridgehead atoms. The van der Waals surface area contributed by atoms with Gasteiger partial charge < -0.3 is 10.0 Å². The number of benzene rings is 1. The molecule has 1 fully saturated rings. The molecule has 4 nitrogen and oxygen atoms in total. The van der Waals surface area contributed by atoms with E-state index in [0.29, 0.717) is 12.1 Å². The fraction of sp³-hybridized carbons (Fsp3) is 0.588. The molecule has 1 N–H and O–H groups in total. The molecule has 1 heterocycles. The molecular formula is C17H25FN2O2. The van der Waals surface area contributed by atoms with Gasteiger partial charge in [0.25, 0.3) is 0 Å². The third kappa shape index (κ3) is 3.97. The highest BCUT2D eigenvalue weighted by Crippen LogP contribution is 2.25. The van der Waals surface area contributed by atoms with Crippen LogP contribution in [0.1, 0.15) is 39.2 Å². The lowest BCUT2D eigenvalue weighted by atomic mass is 9.96. The average Bonchev–Trinajstić information content (AvgIpc) is 2.41. The second-order valence-electron chi connectivity index (χ2n) is 6.92. The molecule has 0 atom stereocenters. The Hall–Kier alpha value is -1.62. The average molecular weight is 308 g/mol. The van der Waals surface area contributed by atoms with Crippen LogP contribution in [-0.4, -0.2) is 45.7 Å². The van der Waals surface area contributed by atoms with Gasteiger partial charge in [0.2, 0.25) is 0 Å². The zero-order chi connectivity index (χ0) is 16.3. The van der Waals surface area contributed by atoms with E-state index in [-0.39, 0.29) is 11.9 Å². The molecule has 22 heavy (non-hydrogen) atoms. The van der Waals surface area contributed by atoms with Crippen LogP contribution in [-0.2, 0) is 6.54 Å². The van der Waals surface area contributed by atoms with E-state index in [9.17, 15) is 14.3 Å². The Balaban J connectivity index is 1.95. The topological polar surface area (TPSA) is 43.8 Å². The summed E-state index contributed by atoms with van der Waals surface area (Å²) < 4.78 is 13.7. The maximum Gasteiger partial charge on any atom is 0.407 e. The number of likely N-dealkylation sites (tertiary alicyclic amines) is 1. The SMILES string of the molecule is CC(C)(C)N(C(=O)O)C1CCN(Cc2ccccc2F)CC1. The summed E-state index contributed by atoms with van der Waals surface area (Å²) in [5.74, 6) is -0.175. The number of carboxylic acid groups (broad SMARTS) is 1. The van der Waals surface area contributed by atoms with Crippen LogP contribution in [0, 0.1) is 5.82 Å². The van der Waals surface area contributed by atoms with Crippen molar-refractivity contribution >= 4 is 6.09 Å². The highest BCUT2D eigenvalue weighted by molar-refractivity contribution is 5.66. The Morgan fingerprint density at radius 1 is 1.32 bits per heavy atom. The summed E-state index contributed by atoms with van der Waals surface area (Å²) in [6.45, 7) is 7.94. The quantitative estimate of drug-likeness (QED) is 0.928. The monoisotopic (exact) mass is 308 g/mol. The number of hydrogen-bond donors (Lipinski definition) is 1. The van der Waals surface area contributed by atoms with Crippen molar-refractivity contribution in [2.24, 2.45) is 0 Å². The van der Waals surface area contributed by atoms with Crippen LogP contribution >= 0.6 is 0 Å². The molecule has 0 aromatic heterocycles. The lowest BCUT2D eigenvalue weighted by Crippen LogP contribution is -2.54. The number of amides is 1. The Morgan fingerprint density at radius 2 is 1.91 bits per heavy atom. The third-order valence-corrected chi connectivity index (χ3v) is 4.20. The standard InChI is InChI=1S/C17H25FN2O2/c1-17(2,3)20(16(21)22)14-8-10-19(11-9-14)12-13-6-4-5-7-15(13)18/h4-7,14H,8-12H2,1-3H3,(H,21,22).